The SMILES string of the molecule is Cc1cc(C)nc(SCC=O)c1. The summed E-state index contributed by atoms with van der Waals surface area (Å²) in [5, 5.41) is 0.930. The molecule has 12 heavy (non-hydrogen) atoms. The number of hydrogen-bond donors (Lipinski definition) is 0. The highest BCUT2D eigenvalue weighted by atomic mass is 32.2. The lowest BCUT2D eigenvalue weighted by Gasteiger charge is -2.00. The predicted molar refractivity (Wildman–Crippen MR) is 50.5 cm³/mol. The van der Waals surface area contributed by atoms with Gasteiger partial charge < -0.3 is 4.79 Å². The highest BCUT2D eigenvalue weighted by Crippen LogP contribution is 2.16. The van der Waals surface area contributed by atoms with Crippen LogP contribution in [0, 0.1) is 13.8 Å². The number of thioether (sulfide) groups is 1. The molecule has 2 nitrogen and oxygen atoms in total. The monoisotopic (exact) mass is 181 g/mol. The van der Waals surface area contributed by atoms with Gasteiger partial charge in [-0.05, 0) is 31.5 Å². The van der Waals surface area contributed by atoms with Crippen LogP contribution in [0.3, 0.4) is 0 Å². The largest absolute Gasteiger partial charge is 0.302 e. The number of carbonyl (C=O) groups is 1. The van der Waals surface area contributed by atoms with Crippen molar-refractivity contribution in [3.63, 3.8) is 0 Å². The number of carbonyl (C=O) groups excluding carboxylic acids is 1. The molecule has 0 aliphatic rings. The molecule has 1 aromatic rings. The first kappa shape index (κ1) is 9.26. The molecule has 0 aromatic carbocycles. The smallest absolute Gasteiger partial charge is 0.130 e. The van der Waals surface area contributed by atoms with Gasteiger partial charge in [-0.1, -0.05) is 11.8 Å². The van der Waals surface area contributed by atoms with Crippen molar-refractivity contribution >= 4 is 18.0 Å². The van der Waals surface area contributed by atoms with Gasteiger partial charge in [0.05, 0.1) is 10.8 Å². The molecular weight excluding hydrogens is 170 g/mol. The van der Waals surface area contributed by atoms with E-state index in [4.69, 9.17) is 0 Å². The summed E-state index contributed by atoms with van der Waals surface area (Å²) in [5.41, 5.74) is 2.19. The minimum absolute atomic E-state index is 0.482. The molecule has 0 spiro atoms. The molecule has 1 rings (SSSR count). The Morgan fingerprint density at radius 1 is 1.50 bits per heavy atom. The maximum Gasteiger partial charge on any atom is 0.130 e. The van der Waals surface area contributed by atoms with Crippen molar-refractivity contribution in [2.45, 2.75) is 18.9 Å². The van der Waals surface area contributed by atoms with E-state index in [1.165, 1.54) is 17.3 Å². The van der Waals surface area contributed by atoms with Gasteiger partial charge in [0.2, 0.25) is 0 Å². The lowest BCUT2D eigenvalue weighted by molar-refractivity contribution is -0.105. The molecule has 0 aliphatic carbocycles. The second kappa shape index (κ2) is 4.26. The Bertz CT molecular complexity index is 266. The van der Waals surface area contributed by atoms with Crippen LogP contribution >= 0.6 is 11.8 Å². The fourth-order valence-corrected chi connectivity index (χ4v) is 1.71. The van der Waals surface area contributed by atoms with Gasteiger partial charge in [-0.2, -0.15) is 0 Å². The van der Waals surface area contributed by atoms with Crippen LogP contribution in [0.4, 0.5) is 0 Å². The fourth-order valence-electron chi connectivity index (χ4n) is 0.998. The Morgan fingerprint density at radius 2 is 2.25 bits per heavy atom. The molecule has 0 saturated heterocycles. The van der Waals surface area contributed by atoms with E-state index in [0.29, 0.717) is 5.75 Å². The van der Waals surface area contributed by atoms with E-state index in [1.54, 1.807) is 0 Å². The van der Waals surface area contributed by atoms with E-state index in [1.807, 2.05) is 26.0 Å². The maximum atomic E-state index is 10.1. The van der Waals surface area contributed by atoms with Gasteiger partial charge in [0.15, 0.2) is 0 Å². The third-order valence-corrected chi connectivity index (χ3v) is 2.18. The predicted octanol–water partition coefficient (Wildman–Crippen LogP) is 1.99. The second-order valence-electron chi connectivity index (χ2n) is 2.60. The molecule has 0 N–H and O–H groups in total. The summed E-state index contributed by atoms with van der Waals surface area (Å²) < 4.78 is 0. The lowest BCUT2D eigenvalue weighted by atomic mass is 10.3. The number of nitrogens with zero attached hydrogens (tertiary/aromatic N) is 1. The van der Waals surface area contributed by atoms with Gasteiger partial charge >= 0.3 is 0 Å². The summed E-state index contributed by atoms with van der Waals surface area (Å²) in [5.74, 6) is 0.482. The van der Waals surface area contributed by atoms with Gasteiger partial charge in [0, 0.05) is 5.69 Å². The van der Waals surface area contributed by atoms with Gasteiger partial charge in [-0.25, -0.2) is 4.98 Å². The van der Waals surface area contributed by atoms with Gasteiger partial charge in [-0.3, -0.25) is 0 Å². The summed E-state index contributed by atoms with van der Waals surface area (Å²) in [7, 11) is 0. The van der Waals surface area contributed by atoms with Crippen LogP contribution in [-0.2, 0) is 4.79 Å². The molecule has 1 aromatic heterocycles. The zero-order chi connectivity index (χ0) is 8.97. The summed E-state index contributed by atoms with van der Waals surface area (Å²) in [6.07, 6.45) is 0.893. The summed E-state index contributed by atoms with van der Waals surface area (Å²) in [4.78, 5) is 14.4. The number of hydrogen-bond acceptors (Lipinski definition) is 3. The number of rotatable bonds is 3. The van der Waals surface area contributed by atoms with Gasteiger partial charge in [-0.15, -0.1) is 0 Å². The minimum atomic E-state index is 0.482. The lowest BCUT2D eigenvalue weighted by Crippen LogP contribution is -1.88. The fraction of sp³-hybridized carbons (Fsp3) is 0.333. The molecule has 64 valence electrons. The first-order valence-electron chi connectivity index (χ1n) is 3.74. The van der Waals surface area contributed by atoms with Crippen molar-refractivity contribution in [2.75, 3.05) is 5.75 Å². The van der Waals surface area contributed by atoms with Crippen LogP contribution in [0.2, 0.25) is 0 Å². The number of aromatic nitrogens is 1. The zero-order valence-electron chi connectivity index (χ0n) is 7.20. The number of aldehydes is 1. The second-order valence-corrected chi connectivity index (χ2v) is 3.64. The van der Waals surface area contributed by atoms with E-state index >= 15 is 0 Å². The maximum absolute atomic E-state index is 10.1. The molecule has 3 heteroatoms. The Kier molecular flexibility index (Phi) is 3.29. The third kappa shape index (κ3) is 2.66. The van der Waals surface area contributed by atoms with Crippen molar-refractivity contribution in [1.82, 2.24) is 4.98 Å². The molecule has 0 bridgehead atoms. The highest BCUT2D eigenvalue weighted by Gasteiger charge is 1.96. The van der Waals surface area contributed by atoms with Crippen LogP contribution < -0.4 is 0 Å². The molecule has 0 unspecified atom stereocenters. The van der Waals surface area contributed by atoms with Crippen LogP contribution in [0.15, 0.2) is 17.2 Å². The van der Waals surface area contributed by atoms with Crippen molar-refractivity contribution in [1.29, 1.82) is 0 Å². The normalized spacial score (nSPS) is 9.83. The molecular formula is C9H11NOS. The van der Waals surface area contributed by atoms with Crippen molar-refractivity contribution in [2.24, 2.45) is 0 Å². The van der Waals surface area contributed by atoms with Crippen LogP contribution in [0.5, 0.6) is 0 Å². The van der Waals surface area contributed by atoms with Gasteiger partial charge in [0.25, 0.3) is 0 Å². The molecule has 0 saturated carbocycles. The summed E-state index contributed by atoms with van der Waals surface area (Å²) in [6, 6.07) is 4.01. The molecule has 0 aliphatic heterocycles. The molecule has 0 fully saturated rings. The standard InChI is InChI=1S/C9H11NOS/c1-7-5-8(2)10-9(6-7)12-4-3-11/h3,5-6H,4H2,1-2H3. The van der Waals surface area contributed by atoms with Crippen molar-refractivity contribution in [3.05, 3.63) is 23.4 Å². The zero-order valence-corrected chi connectivity index (χ0v) is 8.02. The van der Waals surface area contributed by atoms with Crippen LogP contribution in [0.25, 0.3) is 0 Å². The number of pyridine rings is 1. The number of aryl methyl sites for hydroxylation is 2. The van der Waals surface area contributed by atoms with Gasteiger partial charge in [0.1, 0.15) is 6.29 Å². The van der Waals surface area contributed by atoms with E-state index < -0.39 is 0 Å². The Morgan fingerprint density at radius 3 is 2.83 bits per heavy atom. The molecule has 0 atom stereocenters. The topological polar surface area (TPSA) is 30.0 Å². The van der Waals surface area contributed by atoms with E-state index in [2.05, 4.69) is 4.98 Å². The Balaban J connectivity index is 2.78. The van der Waals surface area contributed by atoms with Crippen molar-refractivity contribution in [3.8, 4) is 0 Å². The third-order valence-electron chi connectivity index (χ3n) is 1.37. The first-order valence-corrected chi connectivity index (χ1v) is 4.72. The van der Waals surface area contributed by atoms with E-state index in [9.17, 15) is 4.79 Å². The Labute approximate surface area is 76.4 Å². The highest BCUT2D eigenvalue weighted by molar-refractivity contribution is 7.99. The molecule has 0 radical (unpaired) electrons. The van der Waals surface area contributed by atoms with Crippen LogP contribution in [-0.4, -0.2) is 17.0 Å². The van der Waals surface area contributed by atoms with E-state index in [0.717, 1.165) is 17.0 Å². The minimum Gasteiger partial charge on any atom is -0.302 e. The van der Waals surface area contributed by atoms with Crippen molar-refractivity contribution < 1.29 is 4.79 Å². The molecule has 0 amide bonds. The van der Waals surface area contributed by atoms with E-state index in [-0.39, 0.29) is 0 Å². The average molecular weight is 181 g/mol. The average Bonchev–Trinajstić information content (AvgIpc) is 1.99. The quantitative estimate of drug-likeness (QED) is 0.527. The summed E-state index contributed by atoms with van der Waals surface area (Å²) in [6.45, 7) is 3.98. The Hall–Kier alpha value is -0.830. The van der Waals surface area contributed by atoms with Crippen LogP contribution in [0.1, 0.15) is 11.3 Å². The molecule has 1 heterocycles. The summed E-state index contributed by atoms with van der Waals surface area (Å²) >= 11 is 1.47. The first-order chi connectivity index (χ1) is 5.72.